The van der Waals surface area contributed by atoms with Crippen molar-refractivity contribution >= 4 is 23.4 Å². The Hall–Kier alpha value is -2.42. The van der Waals surface area contributed by atoms with Gasteiger partial charge in [0, 0.05) is 12.6 Å². The van der Waals surface area contributed by atoms with Gasteiger partial charge in [-0.15, -0.1) is 5.10 Å². The molecule has 0 fully saturated rings. The molecule has 0 unspecified atom stereocenters. The lowest BCUT2D eigenvalue weighted by Crippen LogP contribution is -2.19. The Bertz CT molecular complexity index is 772. The Morgan fingerprint density at radius 1 is 1.36 bits per heavy atom. The number of H-pyrrole nitrogens is 1. The Labute approximate surface area is 149 Å². The number of nitrogens with one attached hydrogen (secondary N) is 2. The van der Waals surface area contributed by atoms with Crippen LogP contribution in [0.15, 0.2) is 28.2 Å². The number of anilines is 1. The van der Waals surface area contributed by atoms with E-state index in [1.807, 2.05) is 6.92 Å². The van der Waals surface area contributed by atoms with Crippen molar-refractivity contribution in [1.29, 1.82) is 0 Å². The van der Waals surface area contributed by atoms with E-state index in [9.17, 15) is 9.59 Å². The molecule has 0 saturated carbocycles. The summed E-state index contributed by atoms with van der Waals surface area (Å²) in [6.45, 7) is 2.63. The molecular formula is C16H22N4O4S. The van der Waals surface area contributed by atoms with Crippen LogP contribution in [-0.2, 0) is 11.3 Å². The normalized spacial score (nSPS) is 10.5. The quantitative estimate of drug-likeness (QED) is 0.660. The van der Waals surface area contributed by atoms with Gasteiger partial charge in [-0.05, 0) is 18.6 Å². The molecule has 0 atom stereocenters. The number of rotatable bonds is 9. The van der Waals surface area contributed by atoms with Crippen LogP contribution >= 0.6 is 11.8 Å². The minimum absolute atomic E-state index is 0.122. The minimum Gasteiger partial charge on any atom is -0.497 e. The Kier molecular flexibility index (Phi) is 6.93. The summed E-state index contributed by atoms with van der Waals surface area (Å²) in [5.41, 5.74) is 0.267. The lowest BCUT2D eigenvalue weighted by atomic mass is 10.2. The predicted octanol–water partition coefficient (Wildman–Crippen LogP) is 2.12. The molecule has 2 rings (SSSR count). The number of aromatic nitrogens is 3. The van der Waals surface area contributed by atoms with E-state index in [0.717, 1.165) is 12.8 Å². The van der Waals surface area contributed by atoms with E-state index >= 15 is 0 Å². The molecule has 1 heterocycles. The number of amides is 1. The molecule has 0 spiro atoms. The van der Waals surface area contributed by atoms with Gasteiger partial charge in [-0.25, -0.2) is 9.89 Å². The highest BCUT2D eigenvalue weighted by atomic mass is 32.2. The van der Waals surface area contributed by atoms with Crippen LogP contribution in [-0.4, -0.2) is 40.6 Å². The van der Waals surface area contributed by atoms with Gasteiger partial charge in [0.15, 0.2) is 5.16 Å². The summed E-state index contributed by atoms with van der Waals surface area (Å²) >= 11 is 1.21. The highest BCUT2D eigenvalue weighted by Gasteiger charge is 2.13. The predicted molar refractivity (Wildman–Crippen MR) is 96.7 cm³/mol. The monoisotopic (exact) mass is 366 g/mol. The van der Waals surface area contributed by atoms with E-state index in [4.69, 9.17) is 9.47 Å². The number of ether oxygens (including phenoxy) is 2. The van der Waals surface area contributed by atoms with Crippen molar-refractivity contribution in [2.75, 3.05) is 25.3 Å². The van der Waals surface area contributed by atoms with Gasteiger partial charge >= 0.3 is 5.69 Å². The smallest absolute Gasteiger partial charge is 0.343 e. The Balaban J connectivity index is 2.01. The lowest BCUT2D eigenvalue weighted by molar-refractivity contribution is -0.113. The number of carbonyl (C=O) groups is 1. The number of hydrogen-bond donors (Lipinski definition) is 2. The first kappa shape index (κ1) is 18.9. The average Bonchev–Trinajstić information content (AvgIpc) is 2.97. The summed E-state index contributed by atoms with van der Waals surface area (Å²) in [6, 6.07) is 5.16. The molecule has 136 valence electrons. The number of aromatic amines is 1. The molecule has 2 N–H and O–H groups in total. The van der Waals surface area contributed by atoms with E-state index < -0.39 is 0 Å². The van der Waals surface area contributed by atoms with Crippen LogP contribution in [0.1, 0.15) is 19.8 Å². The summed E-state index contributed by atoms with van der Waals surface area (Å²) in [5.74, 6) is 1.05. The van der Waals surface area contributed by atoms with Crippen molar-refractivity contribution < 1.29 is 14.3 Å². The molecule has 0 bridgehead atoms. The molecular weight excluding hydrogens is 344 g/mol. The van der Waals surface area contributed by atoms with Crippen LogP contribution in [0.25, 0.3) is 0 Å². The zero-order valence-electron chi connectivity index (χ0n) is 14.5. The number of nitrogens with zero attached hydrogens (tertiary/aromatic N) is 2. The summed E-state index contributed by atoms with van der Waals surface area (Å²) in [6.07, 6.45) is 1.85. The van der Waals surface area contributed by atoms with Gasteiger partial charge in [0.2, 0.25) is 5.91 Å². The van der Waals surface area contributed by atoms with Gasteiger partial charge in [-0.3, -0.25) is 9.36 Å². The number of benzene rings is 1. The fourth-order valence-corrected chi connectivity index (χ4v) is 2.93. The number of thioether (sulfide) groups is 1. The van der Waals surface area contributed by atoms with Crippen molar-refractivity contribution in [2.24, 2.45) is 0 Å². The maximum absolute atomic E-state index is 12.2. The van der Waals surface area contributed by atoms with E-state index in [-0.39, 0.29) is 17.3 Å². The van der Waals surface area contributed by atoms with Gasteiger partial charge in [0.1, 0.15) is 11.5 Å². The van der Waals surface area contributed by atoms with Gasteiger partial charge in [0.05, 0.1) is 25.7 Å². The molecule has 25 heavy (non-hydrogen) atoms. The maximum atomic E-state index is 12.2. The van der Waals surface area contributed by atoms with Crippen LogP contribution in [0, 0.1) is 0 Å². The third-order valence-electron chi connectivity index (χ3n) is 3.47. The number of carbonyl (C=O) groups excluding carboxylic acids is 1. The van der Waals surface area contributed by atoms with Gasteiger partial charge < -0.3 is 14.8 Å². The van der Waals surface area contributed by atoms with Crippen molar-refractivity contribution in [3.05, 3.63) is 28.7 Å². The van der Waals surface area contributed by atoms with Gasteiger partial charge in [0.25, 0.3) is 0 Å². The van der Waals surface area contributed by atoms with Crippen molar-refractivity contribution in [2.45, 2.75) is 31.5 Å². The third kappa shape index (κ3) is 5.02. The Morgan fingerprint density at radius 2 is 2.16 bits per heavy atom. The molecule has 0 aliphatic rings. The molecule has 8 nitrogen and oxygen atoms in total. The van der Waals surface area contributed by atoms with Crippen LogP contribution in [0.5, 0.6) is 11.5 Å². The van der Waals surface area contributed by atoms with E-state index in [1.165, 1.54) is 18.9 Å². The first-order valence-corrected chi connectivity index (χ1v) is 8.87. The summed E-state index contributed by atoms with van der Waals surface area (Å²) in [7, 11) is 3.08. The fraction of sp³-hybridized carbons (Fsp3) is 0.438. The number of hydrogen-bond acceptors (Lipinski definition) is 6. The first-order chi connectivity index (χ1) is 12.1. The minimum atomic E-state index is -0.258. The number of unbranched alkanes of at least 4 members (excludes halogenated alkanes) is 1. The molecule has 1 aromatic carbocycles. The van der Waals surface area contributed by atoms with Crippen LogP contribution in [0.3, 0.4) is 0 Å². The molecule has 9 heteroatoms. The molecule has 0 radical (unpaired) electrons. The Morgan fingerprint density at radius 3 is 2.84 bits per heavy atom. The largest absolute Gasteiger partial charge is 0.497 e. The van der Waals surface area contributed by atoms with Gasteiger partial charge in [-0.1, -0.05) is 25.1 Å². The van der Waals surface area contributed by atoms with Crippen molar-refractivity contribution in [3.63, 3.8) is 0 Å². The third-order valence-corrected chi connectivity index (χ3v) is 4.45. The second-order valence-electron chi connectivity index (χ2n) is 5.22. The second kappa shape index (κ2) is 9.16. The average molecular weight is 366 g/mol. The first-order valence-electron chi connectivity index (χ1n) is 7.89. The molecule has 0 saturated heterocycles. The lowest BCUT2D eigenvalue weighted by Gasteiger charge is -2.11. The standard InChI is InChI=1S/C16H22N4O4S/c1-4-5-8-20-15(22)18-19-16(20)25-10-14(21)17-12-9-11(23-2)6-7-13(12)24-3/h6-7,9H,4-5,8,10H2,1-3H3,(H,17,21)(H,18,22). The highest BCUT2D eigenvalue weighted by molar-refractivity contribution is 7.99. The summed E-state index contributed by atoms with van der Waals surface area (Å²) in [5, 5.41) is 9.69. The van der Waals surface area contributed by atoms with Crippen LogP contribution in [0.2, 0.25) is 0 Å². The zero-order valence-corrected chi connectivity index (χ0v) is 15.3. The van der Waals surface area contributed by atoms with E-state index in [1.54, 1.807) is 29.9 Å². The second-order valence-corrected chi connectivity index (χ2v) is 6.16. The SMILES string of the molecule is CCCCn1c(SCC(=O)Nc2cc(OC)ccc2OC)n[nH]c1=O. The summed E-state index contributed by atoms with van der Waals surface area (Å²) in [4.78, 5) is 24.0. The molecule has 0 aliphatic carbocycles. The van der Waals surface area contributed by atoms with Crippen LogP contribution in [0.4, 0.5) is 5.69 Å². The van der Waals surface area contributed by atoms with Crippen molar-refractivity contribution in [1.82, 2.24) is 14.8 Å². The highest BCUT2D eigenvalue weighted by Crippen LogP contribution is 2.29. The molecule has 1 amide bonds. The topological polar surface area (TPSA) is 98.2 Å². The zero-order chi connectivity index (χ0) is 18.2. The molecule has 2 aromatic rings. The van der Waals surface area contributed by atoms with Gasteiger partial charge in [-0.2, -0.15) is 0 Å². The van der Waals surface area contributed by atoms with E-state index in [2.05, 4.69) is 15.5 Å². The molecule has 1 aromatic heterocycles. The van der Waals surface area contributed by atoms with Crippen LogP contribution < -0.4 is 20.5 Å². The fourth-order valence-electron chi connectivity index (χ4n) is 2.15. The maximum Gasteiger partial charge on any atom is 0.343 e. The van der Waals surface area contributed by atoms with Crippen molar-refractivity contribution in [3.8, 4) is 11.5 Å². The summed E-state index contributed by atoms with van der Waals surface area (Å²) < 4.78 is 11.9. The number of methoxy groups -OCH3 is 2. The van der Waals surface area contributed by atoms with E-state index in [0.29, 0.717) is 28.9 Å². The molecule has 0 aliphatic heterocycles.